The van der Waals surface area contributed by atoms with E-state index in [-0.39, 0.29) is 88.0 Å². The summed E-state index contributed by atoms with van der Waals surface area (Å²) in [4.78, 5) is 56.7. The number of imide groups is 1. The molecule has 2 atom stereocenters. The predicted octanol–water partition coefficient (Wildman–Crippen LogP) is 2.23. The average molecular weight is 948 g/mol. The van der Waals surface area contributed by atoms with E-state index >= 15 is 0 Å². The van der Waals surface area contributed by atoms with Gasteiger partial charge in [-0.1, -0.05) is 0 Å². The molecule has 23 heteroatoms. The summed E-state index contributed by atoms with van der Waals surface area (Å²) in [7, 11) is -11.7. The zero-order valence-electron chi connectivity index (χ0n) is 35.1. The van der Waals surface area contributed by atoms with Crippen molar-refractivity contribution in [3.63, 3.8) is 0 Å². The average Bonchev–Trinajstić information content (AvgIpc) is 3.74. The number of hydrogen-bond donors (Lipinski definition) is 1. The second kappa shape index (κ2) is 18.0. The van der Waals surface area contributed by atoms with Crippen molar-refractivity contribution in [1.29, 1.82) is 0 Å². The molecule has 2 aromatic carbocycles. The van der Waals surface area contributed by atoms with Gasteiger partial charge in [0.05, 0.1) is 36.5 Å². The van der Waals surface area contributed by atoms with Crippen molar-refractivity contribution in [2.24, 2.45) is 0 Å². The van der Waals surface area contributed by atoms with E-state index in [0.29, 0.717) is 33.4 Å². The quantitative estimate of drug-likeness (QED) is 0.0914. The van der Waals surface area contributed by atoms with Crippen LogP contribution in [0.2, 0.25) is 0 Å². The topological polar surface area (TPSA) is 297 Å². The first kappa shape index (κ1) is 48.3. The molecule has 2 amide bonds. The summed E-state index contributed by atoms with van der Waals surface area (Å²) >= 11 is 0. The van der Waals surface area contributed by atoms with Gasteiger partial charge in [-0.25, -0.2) is 30.0 Å². The van der Waals surface area contributed by atoms with E-state index in [1.807, 2.05) is 0 Å². The Hall–Kier alpha value is -5.14. The van der Waals surface area contributed by atoms with E-state index in [9.17, 15) is 63.2 Å². The number of hydrogen-bond acceptors (Lipinski definition) is 18. The molecule has 4 aliphatic rings. The van der Waals surface area contributed by atoms with Gasteiger partial charge in [-0.15, -0.1) is 5.06 Å². The van der Waals surface area contributed by atoms with E-state index < -0.39 is 86.1 Å². The molecule has 3 aliphatic heterocycles. The Morgan fingerprint density at radius 3 is 2.02 bits per heavy atom. The first-order valence-electron chi connectivity index (χ1n) is 19.9. The maximum absolute atomic E-state index is 14.3. The maximum atomic E-state index is 14.3. The van der Waals surface area contributed by atoms with Gasteiger partial charge in [-0.2, -0.15) is 4.58 Å². The van der Waals surface area contributed by atoms with Gasteiger partial charge in [0.15, 0.2) is 12.3 Å². The van der Waals surface area contributed by atoms with Crippen LogP contribution in [0.25, 0.3) is 0 Å². The highest BCUT2D eigenvalue weighted by molar-refractivity contribution is 7.86. The molecule has 1 N–H and O–H groups in total. The molecule has 3 heterocycles. The summed E-state index contributed by atoms with van der Waals surface area (Å²) in [5.74, 6) is -4.15. The van der Waals surface area contributed by atoms with Gasteiger partial charge in [0.25, 0.3) is 11.8 Å². The van der Waals surface area contributed by atoms with Gasteiger partial charge in [0.2, 0.25) is 11.5 Å². The van der Waals surface area contributed by atoms with Gasteiger partial charge < -0.3 is 38.0 Å². The third kappa shape index (κ3) is 9.47. The monoisotopic (exact) mass is 947 g/mol. The molecule has 0 bridgehead atoms. The van der Waals surface area contributed by atoms with Crippen LogP contribution in [-0.2, 0) is 74.7 Å². The molecule has 6 rings (SSSR count). The van der Waals surface area contributed by atoms with Gasteiger partial charge in [-0.3, -0.25) is 14.4 Å². The molecule has 0 aromatic heterocycles. The van der Waals surface area contributed by atoms with Crippen LogP contribution in [0.4, 0.5) is 11.4 Å². The Bertz CT molecular complexity index is 2780. The van der Waals surface area contributed by atoms with Crippen LogP contribution >= 0.6 is 0 Å². The molecule has 64 heavy (non-hydrogen) atoms. The number of hydroxylamine groups is 2. The second-order valence-electron chi connectivity index (χ2n) is 16.0. The van der Waals surface area contributed by atoms with Gasteiger partial charge in [0, 0.05) is 86.9 Å². The van der Waals surface area contributed by atoms with Crippen molar-refractivity contribution >= 4 is 71.0 Å². The van der Waals surface area contributed by atoms with Crippen molar-refractivity contribution in [3.05, 3.63) is 82.3 Å². The smallest absolute Gasteiger partial charge is 0.333 e. The molecule has 0 radical (unpaired) electrons. The third-order valence-corrected chi connectivity index (χ3v) is 14.4. The minimum Gasteiger partial charge on any atom is -0.748 e. The predicted molar refractivity (Wildman–Crippen MR) is 220 cm³/mol. The Labute approximate surface area is 369 Å². The standard InChI is InChI=1S/C41H47N3O17S3/c1-40(14-6-20-62(50,51)52)29-21-25(63(53,54)55)9-11-32(29)43(17-19-60-4)33(40)23-27-38(48)28(39(27)49)24-34-41(2,15-18-59-3)30-22-26(64(56,57)58)8-10-31(30)42(34)16-5-7-37(47)61-44-35(45)12-13-36(44)46/h8-11,21-24H,5-7,12-20H2,1-4H3,(H3-,48,49,50,51,52,53,54,55,56,57,58)/p-2. The number of anilines is 1. The lowest BCUT2D eigenvalue weighted by Crippen LogP contribution is -2.35. The molecule has 0 spiro atoms. The molecule has 20 nitrogen and oxygen atoms in total. The van der Waals surface area contributed by atoms with E-state index in [1.165, 1.54) is 44.6 Å². The molecule has 1 aliphatic carbocycles. The van der Waals surface area contributed by atoms with E-state index in [4.69, 9.17) is 14.3 Å². The number of rotatable bonds is 19. The summed E-state index contributed by atoms with van der Waals surface area (Å²) in [6, 6.07) is 7.39. The van der Waals surface area contributed by atoms with Crippen LogP contribution in [0, 0.1) is 0 Å². The molecule has 0 saturated carbocycles. The first-order valence-corrected chi connectivity index (χ1v) is 24.3. The fraction of sp³-hybridized carbons (Fsp3) is 0.439. The number of allylic oxidation sites excluding steroid dienone is 5. The zero-order valence-corrected chi connectivity index (χ0v) is 37.6. The summed E-state index contributed by atoms with van der Waals surface area (Å²) in [5, 5.41) is 12.2. The zero-order chi connectivity index (χ0) is 47.2. The number of benzene rings is 2. The Balaban J connectivity index is 1.45. The second-order valence-corrected chi connectivity index (χ2v) is 20.3. The number of ether oxygens (including phenoxy) is 2. The van der Waals surface area contributed by atoms with E-state index in [0.717, 1.165) is 18.2 Å². The lowest BCUT2D eigenvalue weighted by Gasteiger charge is -2.32. The SMILES string of the molecule is COCC[N+]1=C(C=C2C(=O)C(/C=C3/N(CCCC(=O)ON4C(=O)CCC4=O)c4ccc(S(=O)(=O)[O-])cc4C3(C)CCOC)=C2O)C(C)(CCCS(=O)(=O)[O-])c2cc(S(=O)(=O)[O-])ccc21. The molecule has 346 valence electrons. The fourth-order valence-electron chi connectivity index (χ4n) is 8.57. The summed E-state index contributed by atoms with van der Waals surface area (Å²) in [6.45, 7) is 3.67. The number of Topliss-reactive ketones (excluding diaryl/α,β-unsaturated/α-hetero) is 1. The Kier molecular flexibility index (Phi) is 13.6. The Morgan fingerprint density at radius 1 is 0.828 bits per heavy atom. The fourth-order valence-corrected chi connectivity index (χ4v) is 10.1. The number of ketones is 1. The molecule has 2 aromatic rings. The van der Waals surface area contributed by atoms with E-state index in [2.05, 4.69) is 0 Å². The lowest BCUT2D eigenvalue weighted by molar-refractivity contribution is -0.441. The van der Waals surface area contributed by atoms with Crippen LogP contribution in [0.5, 0.6) is 0 Å². The lowest BCUT2D eigenvalue weighted by atomic mass is 9.73. The van der Waals surface area contributed by atoms with Crippen LogP contribution in [0.1, 0.15) is 69.9 Å². The number of aliphatic hydroxyl groups excluding tert-OH is 1. The number of fused-ring (bicyclic) bond motifs is 2. The molecule has 1 fully saturated rings. The van der Waals surface area contributed by atoms with Crippen molar-refractivity contribution in [2.45, 2.75) is 79.4 Å². The van der Waals surface area contributed by atoms with Gasteiger partial charge >= 0.3 is 5.97 Å². The molecular weight excluding hydrogens is 903 g/mol. The third-order valence-electron chi connectivity index (χ3n) is 11.9. The minimum absolute atomic E-state index is 0.00987. The van der Waals surface area contributed by atoms with Crippen molar-refractivity contribution in [2.75, 3.05) is 51.2 Å². The first-order chi connectivity index (χ1) is 29.9. The van der Waals surface area contributed by atoms with Gasteiger partial charge in [0.1, 0.15) is 32.6 Å². The number of carbonyl (C=O) groups excluding carboxylic acids is 4. The highest BCUT2D eigenvalue weighted by Crippen LogP contribution is 2.52. The Morgan fingerprint density at radius 2 is 1.44 bits per heavy atom. The van der Waals surface area contributed by atoms with Crippen molar-refractivity contribution in [3.8, 4) is 0 Å². The maximum Gasteiger partial charge on any atom is 0.333 e. The van der Waals surface area contributed by atoms with E-state index in [1.54, 1.807) is 23.3 Å². The number of methoxy groups -OCH3 is 2. The molecule has 2 unspecified atom stereocenters. The van der Waals surface area contributed by atoms with Gasteiger partial charge in [-0.05, 0) is 81.5 Å². The van der Waals surface area contributed by atoms with Crippen molar-refractivity contribution in [1.82, 2.24) is 5.06 Å². The van der Waals surface area contributed by atoms with Crippen LogP contribution in [0.3, 0.4) is 0 Å². The minimum atomic E-state index is -4.97. The number of amides is 2. The normalized spacial score (nSPS) is 22.6. The summed E-state index contributed by atoms with van der Waals surface area (Å²) < 4.78 is 120. The molecule has 1 saturated heterocycles. The number of nitrogens with zero attached hydrogens (tertiary/aromatic N) is 3. The van der Waals surface area contributed by atoms with Crippen LogP contribution < -0.4 is 4.90 Å². The summed E-state index contributed by atoms with van der Waals surface area (Å²) in [5.41, 5.74) is -0.836. The van der Waals surface area contributed by atoms with Crippen LogP contribution in [-0.4, -0.2) is 129 Å². The highest BCUT2D eigenvalue weighted by atomic mass is 32.2. The molecular formula is C41H45N3O17S3-2. The highest BCUT2D eigenvalue weighted by Gasteiger charge is 2.50. The van der Waals surface area contributed by atoms with Crippen LogP contribution in [0.15, 0.2) is 80.9 Å². The summed E-state index contributed by atoms with van der Waals surface area (Å²) in [6.07, 6.45) is 2.19. The number of aliphatic hydroxyl groups is 1. The number of carbonyl (C=O) groups is 4. The largest absolute Gasteiger partial charge is 0.748 e. The van der Waals surface area contributed by atoms with Crippen molar-refractivity contribution < 1.29 is 82.1 Å².